The molecule has 2 aromatic heterocycles. The molecule has 0 saturated heterocycles. The number of rotatable bonds is 3. The van der Waals surface area contributed by atoms with E-state index < -0.39 is 0 Å². The minimum absolute atomic E-state index is 0.127. The van der Waals surface area contributed by atoms with E-state index in [0.29, 0.717) is 19.0 Å². The number of nitrogens with one attached hydrogen (secondary N) is 1. The van der Waals surface area contributed by atoms with Crippen LogP contribution in [0.2, 0.25) is 0 Å². The zero-order valence-electron chi connectivity index (χ0n) is 16.0. The summed E-state index contributed by atoms with van der Waals surface area (Å²) < 4.78 is 2.01. The van der Waals surface area contributed by atoms with E-state index in [2.05, 4.69) is 28.2 Å². The van der Waals surface area contributed by atoms with Crippen molar-refractivity contribution < 1.29 is 4.79 Å². The number of imidazole rings is 1. The van der Waals surface area contributed by atoms with Gasteiger partial charge < -0.3 is 9.88 Å². The van der Waals surface area contributed by atoms with Crippen LogP contribution in [0.1, 0.15) is 23.6 Å². The van der Waals surface area contributed by atoms with Gasteiger partial charge in [0, 0.05) is 12.5 Å². The molecule has 1 saturated carbocycles. The molecule has 1 aliphatic carbocycles. The van der Waals surface area contributed by atoms with Crippen molar-refractivity contribution in [1.82, 2.24) is 24.6 Å². The summed E-state index contributed by atoms with van der Waals surface area (Å²) in [7, 11) is 0. The molecule has 6 heteroatoms. The first-order valence-corrected chi connectivity index (χ1v) is 10.1. The van der Waals surface area contributed by atoms with Crippen molar-refractivity contribution in [3.63, 3.8) is 0 Å². The monoisotopic (exact) mass is 383 g/mol. The highest BCUT2D eigenvalue weighted by atomic mass is 16.2. The van der Waals surface area contributed by atoms with E-state index in [1.165, 1.54) is 5.56 Å². The molecule has 0 spiro atoms. The van der Waals surface area contributed by atoms with Crippen molar-refractivity contribution in [2.24, 2.45) is 5.92 Å². The van der Waals surface area contributed by atoms with Crippen molar-refractivity contribution >= 4 is 16.9 Å². The summed E-state index contributed by atoms with van der Waals surface area (Å²) in [5, 5.41) is 4.72. The van der Waals surface area contributed by atoms with Gasteiger partial charge in [0.25, 0.3) is 0 Å². The Hall–Kier alpha value is -3.41. The number of carbonyl (C=O) groups is 1. The van der Waals surface area contributed by atoms with Crippen LogP contribution in [0.5, 0.6) is 0 Å². The van der Waals surface area contributed by atoms with Gasteiger partial charge in [0.15, 0.2) is 5.82 Å². The van der Waals surface area contributed by atoms with E-state index >= 15 is 0 Å². The normalized spacial score (nSPS) is 20.6. The molecule has 6 rings (SSSR count). The lowest BCUT2D eigenvalue weighted by molar-refractivity contribution is -0.134. The third-order valence-corrected chi connectivity index (χ3v) is 6.08. The second-order valence-electron chi connectivity index (χ2n) is 7.97. The quantitative estimate of drug-likeness (QED) is 0.588. The van der Waals surface area contributed by atoms with Crippen molar-refractivity contribution in [2.75, 3.05) is 6.54 Å². The van der Waals surface area contributed by atoms with Gasteiger partial charge in [-0.2, -0.15) is 5.10 Å². The Bertz CT molecular complexity index is 1180. The Morgan fingerprint density at radius 2 is 1.86 bits per heavy atom. The summed E-state index contributed by atoms with van der Waals surface area (Å²) in [6, 6.07) is 20.4. The first-order valence-electron chi connectivity index (χ1n) is 10.1. The van der Waals surface area contributed by atoms with Crippen LogP contribution in [-0.4, -0.2) is 37.1 Å². The van der Waals surface area contributed by atoms with E-state index in [0.717, 1.165) is 41.2 Å². The molecule has 0 bridgehead atoms. The lowest BCUT2D eigenvalue weighted by Crippen LogP contribution is -2.39. The number of fused-ring (bicyclic) bond motifs is 2. The first kappa shape index (κ1) is 16.5. The average molecular weight is 383 g/mol. The molecule has 1 fully saturated rings. The molecule has 29 heavy (non-hydrogen) atoms. The summed E-state index contributed by atoms with van der Waals surface area (Å²) in [5.41, 5.74) is 5.12. The fraction of sp³-hybridized carbons (Fsp3) is 0.261. The lowest BCUT2D eigenvalue weighted by atomic mass is 10.1. The van der Waals surface area contributed by atoms with Crippen LogP contribution >= 0.6 is 0 Å². The molecule has 2 aromatic carbocycles. The smallest absolute Gasteiger partial charge is 0.226 e. The zero-order valence-corrected chi connectivity index (χ0v) is 16.0. The van der Waals surface area contributed by atoms with Crippen molar-refractivity contribution in [3.8, 4) is 11.5 Å². The summed E-state index contributed by atoms with van der Waals surface area (Å²) in [4.78, 5) is 23.0. The fourth-order valence-corrected chi connectivity index (χ4v) is 4.42. The van der Waals surface area contributed by atoms with Gasteiger partial charge in [-0.1, -0.05) is 42.5 Å². The van der Waals surface area contributed by atoms with Crippen LogP contribution < -0.4 is 0 Å². The van der Waals surface area contributed by atoms with Crippen LogP contribution in [-0.2, 0) is 17.9 Å². The topological polar surface area (TPSA) is 66.8 Å². The van der Waals surface area contributed by atoms with Gasteiger partial charge in [0.1, 0.15) is 5.69 Å². The Morgan fingerprint density at radius 1 is 1.03 bits per heavy atom. The summed E-state index contributed by atoms with van der Waals surface area (Å²) >= 11 is 0. The molecule has 1 N–H and O–H groups in total. The number of hydrogen-bond acceptors (Lipinski definition) is 3. The van der Waals surface area contributed by atoms with Gasteiger partial charge in [0.05, 0.1) is 29.8 Å². The minimum atomic E-state index is 0.127. The number of aromatic amines is 1. The zero-order chi connectivity index (χ0) is 19.4. The predicted octanol–water partition coefficient (Wildman–Crippen LogP) is 3.57. The molecule has 1 aliphatic heterocycles. The SMILES string of the molecule is O=C([C@@H]1C[C@H]1c1ccccc1)N1CCn2nc(-c3nc4ccccc4[nH]3)cc2C1. The number of benzene rings is 2. The number of hydrogen-bond donors (Lipinski definition) is 1. The van der Waals surface area contributed by atoms with Crippen molar-refractivity contribution in [2.45, 2.75) is 25.4 Å². The van der Waals surface area contributed by atoms with Crippen LogP contribution in [0.3, 0.4) is 0 Å². The van der Waals surface area contributed by atoms with Gasteiger partial charge in [-0.05, 0) is 36.1 Å². The maximum absolute atomic E-state index is 13.0. The molecule has 3 heterocycles. The number of H-pyrrole nitrogens is 1. The van der Waals surface area contributed by atoms with Crippen LogP contribution in [0.25, 0.3) is 22.6 Å². The minimum Gasteiger partial charge on any atom is -0.337 e. The molecule has 6 nitrogen and oxygen atoms in total. The Kier molecular flexibility index (Phi) is 3.59. The number of aromatic nitrogens is 4. The van der Waals surface area contributed by atoms with Crippen molar-refractivity contribution in [1.29, 1.82) is 0 Å². The number of para-hydroxylation sites is 2. The van der Waals surface area contributed by atoms with E-state index in [1.54, 1.807) is 0 Å². The maximum Gasteiger partial charge on any atom is 0.226 e. The molecular formula is C23H21N5O. The second kappa shape index (κ2) is 6.30. The van der Waals surface area contributed by atoms with E-state index in [-0.39, 0.29) is 11.8 Å². The van der Waals surface area contributed by atoms with Crippen molar-refractivity contribution in [3.05, 3.63) is 71.9 Å². The third-order valence-electron chi connectivity index (χ3n) is 6.08. The Labute approximate surface area is 168 Å². The van der Waals surface area contributed by atoms with Gasteiger partial charge >= 0.3 is 0 Å². The Morgan fingerprint density at radius 3 is 2.72 bits per heavy atom. The molecule has 144 valence electrons. The van der Waals surface area contributed by atoms with Gasteiger partial charge in [0.2, 0.25) is 5.91 Å². The molecule has 2 atom stereocenters. The summed E-state index contributed by atoms with van der Waals surface area (Å²) in [6.07, 6.45) is 0.961. The van der Waals surface area contributed by atoms with Gasteiger partial charge in [-0.25, -0.2) is 4.98 Å². The van der Waals surface area contributed by atoms with E-state index in [9.17, 15) is 4.79 Å². The standard InChI is InChI=1S/C23H21N5O/c29-23(18-13-17(18)15-6-2-1-3-7-15)27-10-11-28-16(14-27)12-21(26-28)22-24-19-8-4-5-9-20(19)25-22/h1-9,12,17-18H,10-11,13-14H2,(H,24,25)/t17-,18+/m0/s1. The maximum atomic E-state index is 13.0. The number of carbonyl (C=O) groups excluding carboxylic acids is 1. The van der Waals surface area contributed by atoms with Crippen LogP contribution in [0.15, 0.2) is 60.7 Å². The van der Waals surface area contributed by atoms with Gasteiger partial charge in [-0.3, -0.25) is 9.48 Å². The first-order chi connectivity index (χ1) is 14.3. The fourth-order valence-electron chi connectivity index (χ4n) is 4.42. The molecule has 0 unspecified atom stereocenters. The lowest BCUT2D eigenvalue weighted by Gasteiger charge is -2.28. The van der Waals surface area contributed by atoms with Crippen LogP contribution in [0.4, 0.5) is 0 Å². The third kappa shape index (κ3) is 2.83. The second-order valence-corrected chi connectivity index (χ2v) is 7.97. The average Bonchev–Trinajstić information content (AvgIpc) is 3.26. The van der Waals surface area contributed by atoms with E-state index in [4.69, 9.17) is 5.10 Å². The highest BCUT2D eigenvalue weighted by molar-refractivity contribution is 5.83. The predicted molar refractivity (Wildman–Crippen MR) is 110 cm³/mol. The molecule has 0 radical (unpaired) electrons. The summed E-state index contributed by atoms with van der Waals surface area (Å²) in [6.45, 7) is 2.05. The number of nitrogens with zero attached hydrogens (tertiary/aromatic N) is 4. The molecular weight excluding hydrogens is 362 g/mol. The van der Waals surface area contributed by atoms with Crippen LogP contribution in [0, 0.1) is 5.92 Å². The largest absolute Gasteiger partial charge is 0.337 e. The summed E-state index contributed by atoms with van der Waals surface area (Å²) in [5.74, 6) is 1.55. The van der Waals surface area contributed by atoms with E-state index in [1.807, 2.05) is 52.0 Å². The highest BCUT2D eigenvalue weighted by Gasteiger charge is 2.46. The molecule has 1 amide bonds. The number of amides is 1. The molecule has 2 aliphatic rings. The Balaban J connectivity index is 1.20. The van der Waals surface area contributed by atoms with Gasteiger partial charge in [-0.15, -0.1) is 0 Å². The highest BCUT2D eigenvalue weighted by Crippen LogP contribution is 2.48. The molecule has 4 aromatic rings.